The molecule has 0 atom stereocenters. The van der Waals surface area contributed by atoms with Crippen molar-refractivity contribution in [2.24, 2.45) is 5.14 Å². The molecule has 0 aromatic carbocycles. The Morgan fingerprint density at radius 2 is 2.18 bits per heavy atom. The second-order valence-electron chi connectivity index (χ2n) is 3.28. The summed E-state index contributed by atoms with van der Waals surface area (Å²) in [6.07, 6.45) is 3.55. The van der Waals surface area contributed by atoms with E-state index in [9.17, 15) is 8.42 Å². The molecular weight excluding hydrogens is 308 g/mol. The maximum atomic E-state index is 11.4. The Hall–Kier alpha value is -1.25. The first-order chi connectivity index (χ1) is 7.93. The van der Waals surface area contributed by atoms with Gasteiger partial charge >= 0.3 is 0 Å². The fraction of sp³-hybridized carbons (Fsp3) is 0.111. The minimum absolute atomic E-state index is 0.154. The molecule has 2 heterocycles. The summed E-state index contributed by atoms with van der Waals surface area (Å²) in [4.78, 5) is 4.01. The van der Waals surface area contributed by atoms with E-state index < -0.39 is 10.0 Å². The van der Waals surface area contributed by atoms with Crippen LogP contribution in [0, 0.1) is 0 Å². The number of halogens is 1. The lowest BCUT2D eigenvalue weighted by Gasteiger charge is -1.99. The molecule has 90 valence electrons. The van der Waals surface area contributed by atoms with E-state index in [1.165, 1.54) is 4.52 Å². The number of primary sulfonamides is 1. The van der Waals surface area contributed by atoms with Crippen molar-refractivity contribution >= 4 is 37.7 Å². The second kappa shape index (κ2) is 4.21. The average molecular weight is 317 g/mol. The second-order valence-corrected chi connectivity index (χ2v) is 5.51. The van der Waals surface area contributed by atoms with Crippen LogP contribution in [0.25, 0.3) is 11.7 Å². The molecule has 17 heavy (non-hydrogen) atoms. The Kier molecular flexibility index (Phi) is 3.02. The van der Waals surface area contributed by atoms with Crippen LogP contribution in [0.1, 0.15) is 12.6 Å². The van der Waals surface area contributed by atoms with Gasteiger partial charge in [-0.3, -0.25) is 0 Å². The number of sulfonamides is 1. The van der Waals surface area contributed by atoms with Crippen LogP contribution in [-0.4, -0.2) is 23.0 Å². The topological polar surface area (TPSA) is 90.3 Å². The molecule has 2 N–H and O–H groups in total. The molecule has 0 unspecified atom stereocenters. The highest BCUT2D eigenvalue weighted by molar-refractivity contribution is 9.10. The number of hydrogen-bond acceptors (Lipinski definition) is 4. The molecule has 0 aliphatic heterocycles. The standard InChI is InChI=1S/C9H9BrN4O2S/c1-2-3-6-4-5-7-12-8(10)9(14(7)13-6)17(11,15)16/h2-5H,1H3,(H2,11,15,16)/b3-2-. The molecular formula is C9H9BrN4O2S. The van der Waals surface area contributed by atoms with Crippen molar-refractivity contribution in [3.05, 3.63) is 28.5 Å². The van der Waals surface area contributed by atoms with Gasteiger partial charge in [0.05, 0.1) is 5.69 Å². The summed E-state index contributed by atoms with van der Waals surface area (Å²) in [5, 5.41) is 9.09. The fourth-order valence-corrected chi connectivity index (χ4v) is 3.08. The van der Waals surface area contributed by atoms with Gasteiger partial charge in [-0.15, -0.1) is 0 Å². The molecule has 0 saturated carbocycles. The first-order valence-corrected chi connectivity index (χ1v) is 6.98. The van der Waals surface area contributed by atoms with Gasteiger partial charge in [0.2, 0.25) is 5.03 Å². The molecule has 2 rings (SSSR count). The summed E-state index contributed by atoms with van der Waals surface area (Å²) in [5.41, 5.74) is 1.03. The van der Waals surface area contributed by atoms with Crippen LogP contribution in [0.15, 0.2) is 27.8 Å². The third-order valence-corrected chi connectivity index (χ3v) is 3.74. The number of rotatable bonds is 2. The van der Waals surface area contributed by atoms with E-state index in [2.05, 4.69) is 26.0 Å². The normalized spacial score (nSPS) is 12.6. The van der Waals surface area contributed by atoms with E-state index in [0.29, 0.717) is 11.3 Å². The zero-order valence-corrected chi connectivity index (χ0v) is 11.2. The number of fused-ring (bicyclic) bond motifs is 1. The molecule has 2 aromatic heterocycles. The summed E-state index contributed by atoms with van der Waals surface area (Å²) in [7, 11) is -3.88. The molecule has 0 fully saturated rings. The van der Waals surface area contributed by atoms with Crippen molar-refractivity contribution in [1.29, 1.82) is 0 Å². The van der Waals surface area contributed by atoms with Crippen LogP contribution in [0.3, 0.4) is 0 Å². The van der Waals surface area contributed by atoms with Gasteiger partial charge in [-0.05, 0) is 41.1 Å². The van der Waals surface area contributed by atoms with Crippen LogP contribution < -0.4 is 5.14 Å². The third-order valence-electron chi connectivity index (χ3n) is 2.02. The van der Waals surface area contributed by atoms with E-state index in [4.69, 9.17) is 5.14 Å². The minimum Gasteiger partial charge on any atom is -0.223 e. The summed E-state index contributed by atoms with van der Waals surface area (Å²) in [6.45, 7) is 1.84. The summed E-state index contributed by atoms with van der Waals surface area (Å²) in [5.74, 6) is 0. The molecule has 0 spiro atoms. The smallest absolute Gasteiger partial charge is 0.223 e. The SMILES string of the molecule is C/C=C\c1ccc2nc(Br)c(S(N)(=O)=O)n2n1. The van der Waals surface area contributed by atoms with Gasteiger partial charge in [0.25, 0.3) is 10.0 Å². The number of imidazole rings is 1. The van der Waals surface area contributed by atoms with Crippen molar-refractivity contribution in [2.75, 3.05) is 0 Å². The molecule has 0 bridgehead atoms. The van der Waals surface area contributed by atoms with Gasteiger partial charge in [-0.25, -0.2) is 18.5 Å². The van der Waals surface area contributed by atoms with Gasteiger partial charge in [0.1, 0.15) is 4.60 Å². The van der Waals surface area contributed by atoms with E-state index in [-0.39, 0.29) is 9.63 Å². The molecule has 0 radical (unpaired) electrons. The number of aromatic nitrogens is 3. The lowest BCUT2D eigenvalue weighted by molar-refractivity contribution is 0.589. The molecule has 0 amide bonds. The molecule has 6 nitrogen and oxygen atoms in total. The van der Waals surface area contributed by atoms with Crippen molar-refractivity contribution in [3.8, 4) is 0 Å². The van der Waals surface area contributed by atoms with Crippen molar-refractivity contribution in [3.63, 3.8) is 0 Å². The third kappa shape index (κ3) is 2.24. The molecule has 2 aromatic rings. The van der Waals surface area contributed by atoms with E-state index in [0.717, 1.165) is 0 Å². The van der Waals surface area contributed by atoms with Gasteiger partial charge in [0, 0.05) is 0 Å². The Balaban J connectivity index is 2.83. The number of nitrogens with zero attached hydrogens (tertiary/aromatic N) is 3. The Morgan fingerprint density at radius 1 is 1.47 bits per heavy atom. The van der Waals surface area contributed by atoms with Crippen molar-refractivity contribution < 1.29 is 8.42 Å². The largest absolute Gasteiger partial charge is 0.258 e. The summed E-state index contributed by atoms with van der Waals surface area (Å²) in [6, 6.07) is 3.41. The Morgan fingerprint density at radius 3 is 2.76 bits per heavy atom. The Bertz CT molecular complexity index is 705. The lowest BCUT2D eigenvalue weighted by atomic mass is 10.3. The molecule has 0 aliphatic rings. The molecule has 8 heteroatoms. The number of hydrogen-bond donors (Lipinski definition) is 1. The first-order valence-electron chi connectivity index (χ1n) is 4.64. The maximum absolute atomic E-state index is 11.4. The van der Waals surface area contributed by atoms with Gasteiger partial charge in [0.15, 0.2) is 5.65 Å². The van der Waals surface area contributed by atoms with E-state index >= 15 is 0 Å². The highest BCUT2D eigenvalue weighted by Gasteiger charge is 2.21. The average Bonchev–Trinajstić information content (AvgIpc) is 2.53. The monoisotopic (exact) mass is 316 g/mol. The summed E-state index contributed by atoms with van der Waals surface area (Å²) < 4.78 is 24.2. The van der Waals surface area contributed by atoms with Crippen molar-refractivity contribution in [1.82, 2.24) is 14.6 Å². The summed E-state index contributed by atoms with van der Waals surface area (Å²) >= 11 is 3.06. The van der Waals surface area contributed by atoms with Gasteiger partial charge in [-0.2, -0.15) is 9.61 Å². The predicted molar refractivity (Wildman–Crippen MR) is 66.8 cm³/mol. The highest BCUT2D eigenvalue weighted by Crippen LogP contribution is 2.21. The van der Waals surface area contributed by atoms with Crippen LogP contribution in [0.5, 0.6) is 0 Å². The van der Waals surface area contributed by atoms with Crippen LogP contribution in [0.2, 0.25) is 0 Å². The van der Waals surface area contributed by atoms with E-state index in [1.54, 1.807) is 24.3 Å². The van der Waals surface area contributed by atoms with Gasteiger partial charge in [-0.1, -0.05) is 6.08 Å². The quantitative estimate of drug-likeness (QED) is 0.900. The Labute approximate surface area is 106 Å². The van der Waals surface area contributed by atoms with Crippen LogP contribution in [0.4, 0.5) is 0 Å². The minimum atomic E-state index is -3.88. The maximum Gasteiger partial charge on any atom is 0.258 e. The predicted octanol–water partition coefficient (Wildman–Crippen LogP) is 1.17. The van der Waals surface area contributed by atoms with E-state index in [1.807, 2.05) is 6.92 Å². The zero-order valence-electron chi connectivity index (χ0n) is 8.83. The molecule has 0 saturated heterocycles. The zero-order chi connectivity index (χ0) is 12.6. The van der Waals surface area contributed by atoms with Crippen molar-refractivity contribution in [2.45, 2.75) is 11.9 Å². The molecule has 0 aliphatic carbocycles. The fourth-order valence-electron chi connectivity index (χ4n) is 1.40. The van der Waals surface area contributed by atoms with Gasteiger partial charge < -0.3 is 0 Å². The number of nitrogens with two attached hydrogens (primary N) is 1. The van der Waals surface area contributed by atoms with Crippen LogP contribution >= 0.6 is 15.9 Å². The first kappa shape index (κ1) is 12.2. The van der Waals surface area contributed by atoms with Crippen LogP contribution in [-0.2, 0) is 10.0 Å². The highest BCUT2D eigenvalue weighted by atomic mass is 79.9. The number of allylic oxidation sites excluding steroid dienone is 1. The lowest BCUT2D eigenvalue weighted by Crippen LogP contribution is -2.16.